The van der Waals surface area contributed by atoms with Gasteiger partial charge in [0.05, 0.1) is 27.7 Å². The summed E-state index contributed by atoms with van der Waals surface area (Å²) in [5, 5.41) is 0. The Labute approximate surface area is 506 Å². The highest BCUT2D eigenvalue weighted by Gasteiger charge is 2.22. The van der Waals surface area contributed by atoms with E-state index in [-0.39, 0.29) is 32.0 Å². The van der Waals surface area contributed by atoms with Crippen molar-refractivity contribution in [1.29, 1.82) is 0 Å². The standard InChI is InChI=1S/C72H126NO8P/c1-6-8-10-12-14-16-18-20-22-24-26-28-30-32-34-35-36-37-39-40-42-44-46-48-50-52-54-56-58-60-62-64-71(74)78-68-70(69-80-82(76,77)79-67-66-73(3,4)5)81-72(75)65-63-61-59-57-55-53-51-49-47-45-43-41-38-33-31-29-27-25-23-21-19-17-15-13-11-9-7-2/h9,11,15,17-18,20-21,23-24,26-27,29,33,38,43,45,49,51,70H,6-8,10,12-14,16,19,22,25,28,30-32,34-37,39-42,44,46-48,50,52-69H2,1-5H3/b11-9-,17-15-,20-18-,23-21-,26-24-,29-27-,38-33-,45-43-,51-49-. The summed E-state index contributed by atoms with van der Waals surface area (Å²) in [7, 11) is 1.15. The molecule has 2 unspecified atom stereocenters. The molecule has 0 aromatic heterocycles. The Morgan fingerprint density at radius 2 is 0.695 bits per heavy atom. The van der Waals surface area contributed by atoms with Crippen LogP contribution in [0.5, 0.6) is 0 Å². The van der Waals surface area contributed by atoms with Crippen LogP contribution in [0, 0.1) is 0 Å². The molecule has 0 aromatic rings. The summed E-state index contributed by atoms with van der Waals surface area (Å²) >= 11 is 0. The first-order valence-electron chi connectivity index (χ1n) is 33.6. The molecule has 0 saturated carbocycles. The fourth-order valence-corrected chi connectivity index (χ4v) is 9.87. The summed E-state index contributed by atoms with van der Waals surface area (Å²) in [5.41, 5.74) is 0. The number of nitrogens with zero attached hydrogens (tertiary/aromatic N) is 1. The Kier molecular flexibility index (Phi) is 59.7. The molecular formula is C72H126NO8P. The molecule has 0 saturated heterocycles. The van der Waals surface area contributed by atoms with E-state index in [0.717, 1.165) is 103 Å². The average Bonchev–Trinajstić information content (AvgIpc) is 3.46. The molecule has 0 heterocycles. The van der Waals surface area contributed by atoms with Crippen LogP contribution in [0.1, 0.15) is 284 Å². The predicted octanol–water partition coefficient (Wildman–Crippen LogP) is 21.1. The number of likely N-dealkylation sites (N-methyl/N-ethyl adjacent to an activating group) is 1. The molecule has 0 aliphatic heterocycles. The molecule has 0 bridgehead atoms. The minimum absolute atomic E-state index is 0.0395. The van der Waals surface area contributed by atoms with E-state index in [0.29, 0.717) is 17.4 Å². The van der Waals surface area contributed by atoms with E-state index in [1.807, 2.05) is 21.1 Å². The quantitative estimate of drug-likeness (QED) is 0.0195. The molecule has 0 aromatic carbocycles. The molecule has 0 radical (unpaired) electrons. The smallest absolute Gasteiger partial charge is 0.306 e. The third-order valence-corrected chi connectivity index (χ3v) is 15.2. The Hall–Kier alpha value is -3.33. The number of hydrogen-bond donors (Lipinski definition) is 0. The number of allylic oxidation sites excluding steroid dienone is 18. The number of phosphoric ester groups is 1. The number of esters is 2. The lowest BCUT2D eigenvalue weighted by molar-refractivity contribution is -0.870. The second-order valence-corrected chi connectivity index (χ2v) is 24.9. The zero-order chi connectivity index (χ0) is 59.8. The lowest BCUT2D eigenvalue weighted by Gasteiger charge is -2.28. The molecule has 0 N–H and O–H groups in total. The van der Waals surface area contributed by atoms with Gasteiger partial charge in [0.1, 0.15) is 19.8 Å². The van der Waals surface area contributed by atoms with E-state index >= 15 is 0 Å². The van der Waals surface area contributed by atoms with Crippen LogP contribution in [0.3, 0.4) is 0 Å². The van der Waals surface area contributed by atoms with Gasteiger partial charge in [-0.2, -0.15) is 0 Å². The van der Waals surface area contributed by atoms with Gasteiger partial charge in [-0.3, -0.25) is 14.2 Å². The number of unbranched alkanes of at least 4 members (excludes halogenated alkanes) is 29. The first kappa shape index (κ1) is 78.7. The summed E-state index contributed by atoms with van der Waals surface area (Å²) in [4.78, 5) is 38.0. The lowest BCUT2D eigenvalue weighted by Crippen LogP contribution is -2.37. The summed E-state index contributed by atoms with van der Waals surface area (Å²) in [5.74, 6) is -0.853. The van der Waals surface area contributed by atoms with Crippen molar-refractivity contribution in [2.75, 3.05) is 47.5 Å². The van der Waals surface area contributed by atoms with Gasteiger partial charge < -0.3 is 27.9 Å². The van der Waals surface area contributed by atoms with Crippen molar-refractivity contribution >= 4 is 19.8 Å². The molecule has 0 spiro atoms. The van der Waals surface area contributed by atoms with Crippen molar-refractivity contribution in [3.05, 3.63) is 109 Å². The molecule has 82 heavy (non-hydrogen) atoms. The largest absolute Gasteiger partial charge is 0.756 e. The maximum Gasteiger partial charge on any atom is 0.306 e. The van der Waals surface area contributed by atoms with Gasteiger partial charge in [-0.1, -0.05) is 277 Å². The van der Waals surface area contributed by atoms with Gasteiger partial charge in [0, 0.05) is 12.8 Å². The van der Waals surface area contributed by atoms with Crippen LogP contribution in [0.2, 0.25) is 0 Å². The van der Waals surface area contributed by atoms with Gasteiger partial charge in [0.2, 0.25) is 0 Å². The minimum Gasteiger partial charge on any atom is -0.756 e. The summed E-state index contributed by atoms with van der Waals surface area (Å²) < 4.78 is 34.3. The Balaban J connectivity index is 4.12. The van der Waals surface area contributed by atoms with Crippen molar-refractivity contribution in [2.45, 2.75) is 290 Å². The van der Waals surface area contributed by atoms with E-state index < -0.39 is 26.5 Å². The zero-order valence-electron chi connectivity index (χ0n) is 53.7. The van der Waals surface area contributed by atoms with Crippen LogP contribution in [0.15, 0.2) is 109 Å². The molecular weight excluding hydrogens is 1040 g/mol. The third-order valence-electron chi connectivity index (χ3n) is 14.3. The van der Waals surface area contributed by atoms with E-state index in [2.05, 4.69) is 123 Å². The number of rotatable bonds is 61. The monoisotopic (exact) mass is 1160 g/mol. The number of quaternary nitrogens is 1. The first-order valence-corrected chi connectivity index (χ1v) is 35.1. The molecule has 9 nitrogen and oxygen atoms in total. The Morgan fingerprint density at radius 3 is 1.04 bits per heavy atom. The van der Waals surface area contributed by atoms with E-state index in [1.54, 1.807) is 0 Å². The normalized spacial score (nSPS) is 13.9. The van der Waals surface area contributed by atoms with E-state index in [9.17, 15) is 19.0 Å². The van der Waals surface area contributed by atoms with Gasteiger partial charge in [-0.05, 0) is 103 Å². The second-order valence-electron chi connectivity index (χ2n) is 23.5. The molecule has 0 fully saturated rings. The Bertz CT molecular complexity index is 1750. The van der Waals surface area contributed by atoms with Gasteiger partial charge in [0.25, 0.3) is 7.82 Å². The highest BCUT2D eigenvalue weighted by Crippen LogP contribution is 2.38. The van der Waals surface area contributed by atoms with Crippen molar-refractivity contribution < 1.29 is 42.1 Å². The van der Waals surface area contributed by atoms with Crippen molar-refractivity contribution in [3.63, 3.8) is 0 Å². The fourth-order valence-electron chi connectivity index (χ4n) is 9.14. The summed E-state index contributed by atoms with van der Waals surface area (Å²) in [6.07, 6.45) is 87.3. The fraction of sp³-hybridized carbons (Fsp3) is 0.722. The maximum atomic E-state index is 12.8. The van der Waals surface area contributed by atoms with E-state index in [1.165, 1.54) is 148 Å². The molecule has 10 heteroatoms. The van der Waals surface area contributed by atoms with Crippen molar-refractivity contribution in [3.8, 4) is 0 Å². The molecule has 0 aliphatic carbocycles. The molecule has 0 aliphatic rings. The number of carbonyl (C=O) groups excluding carboxylic acids is 2. The zero-order valence-corrected chi connectivity index (χ0v) is 54.6. The van der Waals surface area contributed by atoms with Crippen molar-refractivity contribution in [1.82, 2.24) is 0 Å². The van der Waals surface area contributed by atoms with Gasteiger partial charge in [-0.15, -0.1) is 0 Å². The first-order chi connectivity index (χ1) is 40.0. The van der Waals surface area contributed by atoms with E-state index in [4.69, 9.17) is 18.5 Å². The topological polar surface area (TPSA) is 111 Å². The maximum absolute atomic E-state index is 12.8. The number of phosphoric acid groups is 1. The average molecular weight is 1160 g/mol. The Morgan fingerprint density at radius 1 is 0.390 bits per heavy atom. The highest BCUT2D eigenvalue weighted by atomic mass is 31.2. The third kappa shape index (κ3) is 65.8. The van der Waals surface area contributed by atoms with Gasteiger partial charge in [0.15, 0.2) is 6.10 Å². The van der Waals surface area contributed by atoms with Crippen LogP contribution in [-0.2, 0) is 32.7 Å². The second kappa shape index (κ2) is 62.2. The van der Waals surface area contributed by atoms with Crippen LogP contribution in [-0.4, -0.2) is 70.0 Å². The van der Waals surface area contributed by atoms with Crippen LogP contribution >= 0.6 is 7.82 Å². The lowest BCUT2D eigenvalue weighted by atomic mass is 10.0. The number of hydrogen-bond acceptors (Lipinski definition) is 8. The summed E-state index contributed by atoms with van der Waals surface area (Å²) in [6.45, 7) is 4.11. The van der Waals surface area contributed by atoms with Gasteiger partial charge in [-0.25, -0.2) is 0 Å². The molecule has 0 amide bonds. The summed E-state index contributed by atoms with van der Waals surface area (Å²) in [6, 6.07) is 0. The number of carbonyl (C=O) groups is 2. The predicted molar refractivity (Wildman–Crippen MR) is 351 cm³/mol. The van der Waals surface area contributed by atoms with Gasteiger partial charge >= 0.3 is 11.9 Å². The van der Waals surface area contributed by atoms with Crippen LogP contribution in [0.25, 0.3) is 0 Å². The molecule has 2 atom stereocenters. The number of ether oxygens (including phenoxy) is 2. The van der Waals surface area contributed by atoms with Crippen molar-refractivity contribution in [2.24, 2.45) is 0 Å². The SMILES string of the molecule is CC/C=C\C/C=C\C/C=C\C/C=C\C/C=C\C/C=C\C/C=C\CCCCCCCC(=O)OC(COC(=O)CCCCCCCCCCCCCCCCCCCCC/C=C\C/C=C\CCCCCCC)COP(=O)([O-])OCC[N+](C)(C)C. The van der Waals surface area contributed by atoms with Crippen LogP contribution in [0.4, 0.5) is 0 Å². The molecule has 0 rings (SSSR count). The minimum atomic E-state index is -4.65. The highest BCUT2D eigenvalue weighted by molar-refractivity contribution is 7.45. The molecule has 472 valence electrons. The van der Waals surface area contributed by atoms with Crippen LogP contribution < -0.4 is 4.89 Å².